The number of aromatic nitrogens is 3. The Balaban J connectivity index is 1.45. The quantitative estimate of drug-likeness (QED) is 0.163. The Morgan fingerprint density at radius 1 is 1.17 bits per heavy atom. The van der Waals surface area contributed by atoms with E-state index in [1.54, 1.807) is 12.1 Å². The molecule has 0 spiro atoms. The van der Waals surface area contributed by atoms with Gasteiger partial charge in [-0.15, -0.1) is 0 Å². The summed E-state index contributed by atoms with van der Waals surface area (Å²) in [6, 6.07) is 13.6. The third-order valence-corrected chi connectivity index (χ3v) is 6.23. The van der Waals surface area contributed by atoms with Crippen molar-refractivity contribution < 1.29 is 9.53 Å². The van der Waals surface area contributed by atoms with Gasteiger partial charge in [0.25, 0.3) is 0 Å². The van der Waals surface area contributed by atoms with E-state index in [-0.39, 0.29) is 0 Å². The molecule has 9 heteroatoms. The molecule has 2 aromatic heterocycles. The highest BCUT2D eigenvalue weighted by Crippen LogP contribution is 2.30. The second kappa shape index (κ2) is 11.5. The summed E-state index contributed by atoms with van der Waals surface area (Å²) >= 11 is 6.57. The maximum atomic E-state index is 11.9. The molecule has 35 heavy (non-hydrogen) atoms. The molecule has 4 N–H and O–H groups in total. The number of nitrogens with one attached hydrogen (secondary N) is 2. The van der Waals surface area contributed by atoms with E-state index >= 15 is 0 Å². The molecule has 0 unspecified atom stereocenters. The van der Waals surface area contributed by atoms with Crippen molar-refractivity contribution in [1.82, 2.24) is 19.9 Å². The SMILES string of the molecule is COC(=O)c1ccc2c(c1)[nH]c1nc(Cc3cccc(NCCCN(C)CCCN)c3)nc(Cl)c12. The van der Waals surface area contributed by atoms with Gasteiger partial charge < -0.3 is 25.7 Å². The number of nitrogens with zero attached hydrogens (tertiary/aromatic N) is 3. The minimum atomic E-state index is -0.393. The fourth-order valence-corrected chi connectivity index (χ4v) is 4.44. The summed E-state index contributed by atoms with van der Waals surface area (Å²) in [6.07, 6.45) is 2.63. The lowest BCUT2D eigenvalue weighted by Crippen LogP contribution is -2.24. The Hall–Kier alpha value is -3.20. The zero-order chi connectivity index (χ0) is 24.8. The summed E-state index contributed by atoms with van der Waals surface area (Å²) in [7, 11) is 3.49. The van der Waals surface area contributed by atoms with Gasteiger partial charge in [0.15, 0.2) is 0 Å². The van der Waals surface area contributed by atoms with Crippen molar-refractivity contribution >= 4 is 45.2 Å². The number of esters is 1. The summed E-state index contributed by atoms with van der Waals surface area (Å²) in [5, 5.41) is 5.49. The smallest absolute Gasteiger partial charge is 0.337 e. The largest absolute Gasteiger partial charge is 0.465 e. The van der Waals surface area contributed by atoms with E-state index in [1.165, 1.54) is 7.11 Å². The van der Waals surface area contributed by atoms with Crippen LogP contribution in [-0.2, 0) is 11.2 Å². The average molecular weight is 495 g/mol. The lowest BCUT2D eigenvalue weighted by molar-refractivity contribution is 0.0601. The normalized spacial score (nSPS) is 11.5. The number of nitrogens with two attached hydrogens (primary N) is 1. The molecule has 0 aliphatic rings. The first kappa shape index (κ1) is 24.9. The van der Waals surface area contributed by atoms with Crippen LogP contribution in [0.15, 0.2) is 42.5 Å². The number of benzene rings is 2. The van der Waals surface area contributed by atoms with Crippen LogP contribution in [0.3, 0.4) is 0 Å². The number of rotatable bonds is 11. The zero-order valence-corrected chi connectivity index (χ0v) is 20.9. The minimum Gasteiger partial charge on any atom is -0.465 e. The van der Waals surface area contributed by atoms with Crippen LogP contribution in [0.4, 0.5) is 5.69 Å². The first-order valence-electron chi connectivity index (χ1n) is 11.8. The van der Waals surface area contributed by atoms with Crippen molar-refractivity contribution in [1.29, 1.82) is 0 Å². The summed E-state index contributed by atoms with van der Waals surface area (Å²) in [5.74, 6) is 0.233. The van der Waals surface area contributed by atoms with E-state index in [1.807, 2.05) is 12.1 Å². The van der Waals surface area contributed by atoms with E-state index < -0.39 is 5.97 Å². The van der Waals surface area contributed by atoms with Gasteiger partial charge in [-0.1, -0.05) is 29.8 Å². The van der Waals surface area contributed by atoms with Gasteiger partial charge in [-0.25, -0.2) is 14.8 Å². The van der Waals surface area contributed by atoms with Crippen LogP contribution in [0.2, 0.25) is 5.15 Å². The molecule has 184 valence electrons. The molecule has 2 aromatic carbocycles. The number of carbonyl (C=O) groups is 1. The lowest BCUT2D eigenvalue weighted by atomic mass is 10.1. The second-order valence-corrected chi connectivity index (χ2v) is 8.99. The van der Waals surface area contributed by atoms with Gasteiger partial charge in [-0.2, -0.15) is 0 Å². The standard InChI is InChI=1S/C26H31ClN6O2/c1-33(12-4-10-28)13-5-11-29-19-7-3-6-17(14-19)15-22-31-24(27)23-20-9-8-18(26(34)35-2)16-21(20)30-25(23)32-22/h3,6-9,14,16,29H,4-5,10-13,15,28H2,1-2H3,(H,30,31,32). The Labute approximate surface area is 209 Å². The number of methoxy groups -OCH3 is 1. The Bertz CT molecular complexity index is 1320. The molecular weight excluding hydrogens is 464 g/mol. The fraction of sp³-hybridized carbons (Fsp3) is 0.346. The summed E-state index contributed by atoms with van der Waals surface area (Å²) in [6.45, 7) is 3.69. The summed E-state index contributed by atoms with van der Waals surface area (Å²) in [4.78, 5) is 26.7. The molecule has 0 bridgehead atoms. The van der Waals surface area contributed by atoms with E-state index in [0.717, 1.165) is 66.6 Å². The lowest BCUT2D eigenvalue weighted by Gasteiger charge is -2.16. The predicted molar refractivity (Wildman–Crippen MR) is 141 cm³/mol. The number of H-pyrrole nitrogens is 1. The molecule has 0 saturated heterocycles. The van der Waals surface area contributed by atoms with Crippen LogP contribution in [0.25, 0.3) is 21.9 Å². The summed E-state index contributed by atoms with van der Waals surface area (Å²) in [5.41, 5.74) is 9.60. The molecule has 0 aliphatic heterocycles. The Morgan fingerprint density at radius 3 is 2.80 bits per heavy atom. The van der Waals surface area contributed by atoms with Gasteiger partial charge in [0.05, 0.1) is 18.1 Å². The molecule has 0 aliphatic carbocycles. The zero-order valence-electron chi connectivity index (χ0n) is 20.1. The molecule has 0 radical (unpaired) electrons. The van der Waals surface area contributed by atoms with E-state index in [2.05, 4.69) is 45.4 Å². The molecule has 2 heterocycles. The molecule has 0 fully saturated rings. The molecule has 0 saturated carbocycles. The maximum Gasteiger partial charge on any atom is 0.337 e. The van der Waals surface area contributed by atoms with Crippen LogP contribution in [0.5, 0.6) is 0 Å². The first-order valence-corrected chi connectivity index (χ1v) is 12.1. The predicted octanol–water partition coefficient (Wildman–Crippen LogP) is 4.22. The number of hydrogen-bond acceptors (Lipinski definition) is 7. The third-order valence-electron chi connectivity index (χ3n) is 5.95. The van der Waals surface area contributed by atoms with Crippen molar-refractivity contribution in [2.24, 2.45) is 5.73 Å². The average Bonchev–Trinajstić information content (AvgIpc) is 3.23. The molecule has 8 nitrogen and oxygen atoms in total. The van der Waals surface area contributed by atoms with Gasteiger partial charge in [-0.05, 0) is 69.4 Å². The van der Waals surface area contributed by atoms with E-state index in [9.17, 15) is 4.79 Å². The second-order valence-electron chi connectivity index (χ2n) is 8.63. The Morgan fingerprint density at radius 2 is 2.00 bits per heavy atom. The first-order chi connectivity index (χ1) is 17.0. The highest BCUT2D eigenvalue weighted by molar-refractivity contribution is 6.36. The van der Waals surface area contributed by atoms with E-state index in [0.29, 0.717) is 28.6 Å². The van der Waals surface area contributed by atoms with Crippen molar-refractivity contribution in [3.05, 3.63) is 64.6 Å². The van der Waals surface area contributed by atoms with Crippen LogP contribution < -0.4 is 11.1 Å². The van der Waals surface area contributed by atoms with Crippen LogP contribution in [0, 0.1) is 0 Å². The Kier molecular flexibility index (Phi) is 8.17. The van der Waals surface area contributed by atoms with Crippen molar-refractivity contribution in [3.63, 3.8) is 0 Å². The number of carbonyl (C=O) groups excluding carboxylic acids is 1. The molecule has 0 atom stereocenters. The highest BCUT2D eigenvalue weighted by Gasteiger charge is 2.15. The number of anilines is 1. The molecule has 4 rings (SSSR count). The van der Waals surface area contributed by atoms with Crippen LogP contribution in [-0.4, -0.2) is 66.2 Å². The highest BCUT2D eigenvalue weighted by atomic mass is 35.5. The van der Waals surface area contributed by atoms with Gasteiger partial charge >= 0.3 is 5.97 Å². The maximum absolute atomic E-state index is 11.9. The topological polar surface area (TPSA) is 109 Å². The molecule has 0 amide bonds. The number of fused-ring (bicyclic) bond motifs is 3. The van der Waals surface area contributed by atoms with Crippen LogP contribution >= 0.6 is 11.6 Å². The van der Waals surface area contributed by atoms with Crippen LogP contribution in [0.1, 0.15) is 34.6 Å². The van der Waals surface area contributed by atoms with Crippen molar-refractivity contribution in [2.75, 3.05) is 45.7 Å². The van der Waals surface area contributed by atoms with Gasteiger partial charge in [0, 0.05) is 29.6 Å². The molecular formula is C26H31ClN6O2. The van der Waals surface area contributed by atoms with Gasteiger partial charge in [0.1, 0.15) is 16.6 Å². The minimum absolute atomic E-state index is 0.384. The number of halogens is 1. The fourth-order valence-electron chi connectivity index (χ4n) is 4.15. The number of hydrogen-bond donors (Lipinski definition) is 3. The van der Waals surface area contributed by atoms with E-state index in [4.69, 9.17) is 27.1 Å². The molecule has 4 aromatic rings. The number of ether oxygens (including phenoxy) is 1. The third kappa shape index (κ3) is 6.08. The number of aromatic amines is 1. The van der Waals surface area contributed by atoms with Crippen molar-refractivity contribution in [3.8, 4) is 0 Å². The van der Waals surface area contributed by atoms with Gasteiger partial charge in [0.2, 0.25) is 0 Å². The van der Waals surface area contributed by atoms with Gasteiger partial charge in [-0.3, -0.25) is 0 Å². The summed E-state index contributed by atoms with van der Waals surface area (Å²) < 4.78 is 4.82. The monoisotopic (exact) mass is 494 g/mol. The van der Waals surface area contributed by atoms with Crippen molar-refractivity contribution in [2.45, 2.75) is 19.3 Å².